The average molecular weight is 361 g/mol. The van der Waals surface area contributed by atoms with E-state index in [2.05, 4.69) is 30.1 Å². The van der Waals surface area contributed by atoms with Crippen LogP contribution in [0, 0.1) is 0 Å². The fourth-order valence-electron chi connectivity index (χ4n) is 3.70. The van der Waals surface area contributed by atoms with E-state index in [9.17, 15) is 0 Å². The summed E-state index contributed by atoms with van der Waals surface area (Å²) in [5, 5.41) is 3.45. The summed E-state index contributed by atoms with van der Waals surface area (Å²) in [6, 6.07) is 1.85. The van der Waals surface area contributed by atoms with Gasteiger partial charge in [-0.3, -0.25) is 4.99 Å². The molecule has 0 aromatic carbocycles. The minimum absolute atomic E-state index is 0.454. The van der Waals surface area contributed by atoms with E-state index >= 15 is 0 Å². The van der Waals surface area contributed by atoms with Gasteiger partial charge in [-0.05, 0) is 18.9 Å². The van der Waals surface area contributed by atoms with E-state index in [4.69, 9.17) is 4.74 Å². The summed E-state index contributed by atoms with van der Waals surface area (Å²) in [4.78, 5) is 17.6. The van der Waals surface area contributed by atoms with E-state index in [1.807, 2.05) is 13.1 Å². The molecule has 1 saturated heterocycles. The van der Waals surface area contributed by atoms with Crippen molar-refractivity contribution in [3.8, 4) is 0 Å². The average Bonchev–Trinajstić information content (AvgIpc) is 2.98. The van der Waals surface area contributed by atoms with Crippen molar-refractivity contribution in [2.75, 3.05) is 51.3 Å². The Bertz CT molecular complexity index is 536. The number of hydrogen-bond acceptors (Lipinski definition) is 5. The van der Waals surface area contributed by atoms with Gasteiger partial charge in [0, 0.05) is 52.2 Å². The van der Waals surface area contributed by atoms with Gasteiger partial charge in [-0.2, -0.15) is 0 Å². The van der Waals surface area contributed by atoms with Gasteiger partial charge in [0.05, 0.1) is 12.7 Å². The molecule has 144 valence electrons. The van der Waals surface area contributed by atoms with Crippen LogP contribution in [-0.4, -0.2) is 73.3 Å². The summed E-state index contributed by atoms with van der Waals surface area (Å²) < 4.78 is 6.06. The summed E-state index contributed by atoms with van der Waals surface area (Å²) in [6.45, 7) is 5.21. The molecule has 1 aromatic rings. The number of nitrogens with one attached hydrogen (secondary N) is 1. The van der Waals surface area contributed by atoms with Gasteiger partial charge in [0.15, 0.2) is 5.96 Å². The predicted octanol–water partition coefficient (Wildman–Crippen LogP) is 1.91. The van der Waals surface area contributed by atoms with Crippen LogP contribution in [0.3, 0.4) is 0 Å². The normalized spacial score (nSPS) is 20.1. The van der Waals surface area contributed by atoms with E-state index in [1.54, 1.807) is 12.4 Å². The molecular formula is C19H32N6O. The topological polar surface area (TPSA) is 65.9 Å². The van der Waals surface area contributed by atoms with E-state index in [0.717, 1.165) is 51.2 Å². The molecule has 3 rings (SSSR count). The Morgan fingerprint density at radius 2 is 1.81 bits per heavy atom. The number of ether oxygens (including phenoxy) is 1. The van der Waals surface area contributed by atoms with Crippen LogP contribution in [0.15, 0.2) is 23.5 Å². The summed E-state index contributed by atoms with van der Waals surface area (Å²) in [5.74, 6) is 1.77. The van der Waals surface area contributed by atoms with Gasteiger partial charge in [-0.25, -0.2) is 9.97 Å². The van der Waals surface area contributed by atoms with Crippen LogP contribution in [0.2, 0.25) is 0 Å². The number of nitrogens with zero attached hydrogens (tertiary/aromatic N) is 5. The lowest BCUT2D eigenvalue weighted by Gasteiger charge is -2.36. The fraction of sp³-hybridized carbons (Fsp3) is 0.737. The molecule has 2 heterocycles. The molecule has 0 bridgehead atoms. The maximum Gasteiger partial charge on any atom is 0.225 e. The first kappa shape index (κ1) is 18.9. The highest BCUT2D eigenvalue weighted by molar-refractivity contribution is 5.80. The Morgan fingerprint density at radius 1 is 1.12 bits per heavy atom. The van der Waals surface area contributed by atoms with Gasteiger partial charge in [0.2, 0.25) is 5.95 Å². The Labute approximate surface area is 156 Å². The summed E-state index contributed by atoms with van der Waals surface area (Å²) in [7, 11) is 1.85. The lowest BCUT2D eigenvalue weighted by atomic mass is 10.1. The van der Waals surface area contributed by atoms with Crippen molar-refractivity contribution in [3.63, 3.8) is 0 Å². The lowest BCUT2D eigenvalue weighted by Crippen LogP contribution is -2.53. The van der Waals surface area contributed by atoms with Gasteiger partial charge in [0.25, 0.3) is 0 Å². The molecule has 1 aromatic heterocycles. The standard InChI is InChI=1S/C19H32N6O/c1-20-18(23-11-16-26-17-7-4-2-3-5-8-17)24-12-14-25(15-13-24)19-21-9-6-10-22-19/h6,9-10,17H,2-5,7-8,11-16H2,1H3,(H,20,23). The zero-order valence-electron chi connectivity index (χ0n) is 15.9. The van der Waals surface area contributed by atoms with Gasteiger partial charge in [-0.1, -0.05) is 25.7 Å². The molecule has 0 unspecified atom stereocenters. The minimum Gasteiger partial charge on any atom is -0.376 e. The zero-order chi connectivity index (χ0) is 18.0. The third kappa shape index (κ3) is 5.56. The molecule has 1 N–H and O–H groups in total. The third-order valence-corrected chi connectivity index (χ3v) is 5.17. The molecule has 1 aliphatic carbocycles. The van der Waals surface area contributed by atoms with Gasteiger partial charge in [-0.15, -0.1) is 0 Å². The second-order valence-electron chi connectivity index (χ2n) is 6.98. The van der Waals surface area contributed by atoms with Crippen molar-refractivity contribution >= 4 is 11.9 Å². The van der Waals surface area contributed by atoms with Crippen molar-refractivity contribution in [2.24, 2.45) is 4.99 Å². The summed E-state index contributed by atoms with van der Waals surface area (Å²) in [5.41, 5.74) is 0. The first-order valence-electron chi connectivity index (χ1n) is 9.96. The highest BCUT2D eigenvalue weighted by Gasteiger charge is 2.21. The van der Waals surface area contributed by atoms with Crippen molar-refractivity contribution in [1.29, 1.82) is 0 Å². The van der Waals surface area contributed by atoms with Gasteiger partial charge < -0.3 is 19.9 Å². The molecule has 2 aliphatic rings. The number of hydrogen-bond donors (Lipinski definition) is 1. The Morgan fingerprint density at radius 3 is 2.46 bits per heavy atom. The summed E-state index contributed by atoms with van der Waals surface area (Å²) in [6.07, 6.45) is 11.8. The van der Waals surface area contributed by atoms with Crippen LogP contribution >= 0.6 is 0 Å². The molecular weight excluding hydrogens is 328 g/mol. The smallest absolute Gasteiger partial charge is 0.225 e. The summed E-state index contributed by atoms with van der Waals surface area (Å²) >= 11 is 0. The Balaban J connectivity index is 1.37. The molecule has 0 atom stereocenters. The largest absolute Gasteiger partial charge is 0.376 e. The molecule has 2 fully saturated rings. The quantitative estimate of drug-likeness (QED) is 0.374. The number of rotatable bonds is 5. The molecule has 0 spiro atoms. The monoisotopic (exact) mass is 360 g/mol. The zero-order valence-corrected chi connectivity index (χ0v) is 15.9. The van der Waals surface area contributed by atoms with E-state index < -0.39 is 0 Å². The predicted molar refractivity (Wildman–Crippen MR) is 105 cm³/mol. The highest BCUT2D eigenvalue weighted by Crippen LogP contribution is 2.19. The molecule has 7 nitrogen and oxygen atoms in total. The van der Waals surface area contributed by atoms with Crippen molar-refractivity contribution < 1.29 is 4.74 Å². The SMILES string of the molecule is CN=C(NCCOC1CCCCCC1)N1CCN(c2ncccn2)CC1. The lowest BCUT2D eigenvalue weighted by molar-refractivity contribution is 0.0465. The van der Waals surface area contributed by atoms with Crippen LogP contribution in [-0.2, 0) is 4.74 Å². The van der Waals surface area contributed by atoms with Crippen LogP contribution in [0.25, 0.3) is 0 Å². The molecule has 1 aliphatic heterocycles. The first-order valence-corrected chi connectivity index (χ1v) is 9.96. The van der Waals surface area contributed by atoms with E-state index in [1.165, 1.54) is 38.5 Å². The Hall–Kier alpha value is -1.89. The van der Waals surface area contributed by atoms with Crippen molar-refractivity contribution in [1.82, 2.24) is 20.2 Å². The number of aromatic nitrogens is 2. The van der Waals surface area contributed by atoms with E-state index in [-0.39, 0.29) is 0 Å². The van der Waals surface area contributed by atoms with Crippen molar-refractivity contribution in [3.05, 3.63) is 18.5 Å². The van der Waals surface area contributed by atoms with Crippen LogP contribution in [0.5, 0.6) is 0 Å². The first-order chi connectivity index (χ1) is 12.9. The molecule has 1 saturated carbocycles. The number of piperazine rings is 1. The number of anilines is 1. The number of aliphatic imine (C=N–C) groups is 1. The van der Waals surface area contributed by atoms with E-state index in [0.29, 0.717) is 6.10 Å². The molecule has 0 radical (unpaired) electrons. The van der Waals surface area contributed by atoms with Crippen LogP contribution < -0.4 is 10.2 Å². The van der Waals surface area contributed by atoms with Crippen LogP contribution in [0.4, 0.5) is 5.95 Å². The minimum atomic E-state index is 0.454. The molecule has 7 heteroatoms. The van der Waals surface area contributed by atoms with Gasteiger partial charge in [0.1, 0.15) is 0 Å². The maximum atomic E-state index is 6.06. The molecule has 26 heavy (non-hydrogen) atoms. The number of guanidine groups is 1. The van der Waals surface area contributed by atoms with Gasteiger partial charge >= 0.3 is 0 Å². The second kappa shape index (κ2) is 10.3. The maximum absolute atomic E-state index is 6.06. The Kier molecular flexibility index (Phi) is 7.49. The van der Waals surface area contributed by atoms with Crippen molar-refractivity contribution in [2.45, 2.75) is 44.6 Å². The molecule has 0 amide bonds. The fourth-order valence-corrected chi connectivity index (χ4v) is 3.70. The van der Waals surface area contributed by atoms with Crippen LogP contribution in [0.1, 0.15) is 38.5 Å². The highest BCUT2D eigenvalue weighted by atomic mass is 16.5. The third-order valence-electron chi connectivity index (χ3n) is 5.17. The second-order valence-corrected chi connectivity index (χ2v) is 6.98.